The minimum absolute atomic E-state index is 0.0318. The van der Waals surface area contributed by atoms with Crippen molar-refractivity contribution in [3.63, 3.8) is 0 Å². The highest BCUT2D eigenvalue weighted by Gasteiger charge is 2.59. The maximum absolute atomic E-state index is 14.7. The van der Waals surface area contributed by atoms with Crippen LogP contribution in [0.4, 0.5) is 0 Å². The lowest BCUT2D eigenvalue weighted by molar-refractivity contribution is -0.146. The van der Waals surface area contributed by atoms with Crippen molar-refractivity contribution >= 4 is 108 Å². The van der Waals surface area contributed by atoms with Gasteiger partial charge in [0.05, 0.1) is 36.9 Å². The molecule has 12 rings (SSSR count). The molecule has 6 aromatic rings. The van der Waals surface area contributed by atoms with Crippen molar-refractivity contribution in [1.82, 2.24) is 19.6 Å². The smallest absolute Gasteiger partial charge is 0.305 e. The molecule has 0 bridgehead atoms. The molecule has 2 saturated carbocycles. The van der Waals surface area contributed by atoms with Crippen molar-refractivity contribution < 1.29 is 62.2 Å². The van der Waals surface area contributed by atoms with E-state index >= 15 is 0 Å². The molecule has 97 heavy (non-hydrogen) atoms. The molecule has 6 aliphatic rings. The van der Waals surface area contributed by atoms with Crippen molar-refractivity contribution in [2.75, 3.05) is 46.6 Å². The molecule has 0 aromatic heterocycles. The number of benzene rings is 6. The van der Waals surface area contributed by atoms with E-state index < -0.39 is 41.5 Å². The highest BCUT2D eigenvalue weighted by molar-refractivity contribution is 6.41. The number of esters is 2. The van der Waals surface area contributed by atoms with Gasteiger partial charge in [0.1, 0.15) is 6.61 Å². The largest absolute Gasteiger partial charge is 0.466 e. The van der Waals surface area contributed by atoms with Gasteiger partial charge in [0.15, 0.2) is 0 Å². The van der Waals surface area contributed by atoms with E-state index in [1.165, 1.54) is 21.8 Å². The lowest BCUT2D eigenvalue weighted by atomic mass is 9.82. The molecule has 6 aromatic carbocycles. The first-order chi connectivity index (χ1) is 47.2. The molecule has 8 unspecified atom stereocenters. The number of imide groups is 4. The van der Waals surface area contributed by atoms with Crippen molar-refractivity contribution in [2.24, 2.45) is 47.3 Å². The number of methoxy groups -OCH3 is 1. The van der Waals surface area contributed by atoms with E-state index in [4.69, 9.17) is 14.2 Å². The number of amides is 8. The Morgan fingerprint density at radius 2 is 0.887 bits per heavy atom. The number of likely N-dealkylation sites (tertiary alicyclic amines) is 2. The predicted molar refractivity (Wildman–Crippen MR) is 371 cm³/mol. The first-order valence-corrected chi connectivity index (χ1v) is 35.7. The molecule has 0 spiro atoms. The van der Waals surface area contributed by atoms with Crippen LogP contribution in [-0.4, -0.2) is 131 Å². The minimum atomic E-state index is -0.652. The molecule has 2 saturated heterocycles. The summed E-state index contributed by atoms with van der Waals surface area (Å²) in [7, 11) is 1.53. The fourth-order valence-corrected chi connectivity index (χ4v) is 16.9. The first-order valence-electron chi connectivity index (χ1n) is 35.7. The Balaban J connectivity index is 0.655. The van der Waals surface area contributed by atoms with Crippen LogP contribution in [0.2, 0.25) is 0 Å². The van der Waals surface area contributed by atoms with Crippen LogP contribution in [0, 0.1) is 47.3 Å². The maximum Gasteiger partial charge on any atom is 0.305 e. The van der Waals surface area contributed by atoms with Crippen LogP contribution in [0.1, 0.15) is 189 Å². The van der Waals surface area contributed by atoms with E-state index in [-0.39, 0.29) is 123 Å². The quantitative estimate of drug-likeness (QED) is 0.00920. The number of allylic oxidation sites excluding steroid dienone is 4. The number of hydrogen-bond donors (Lipinski definition) is 0. The second kappa shape index (κ2) is 30.4. The summed E-state index contributed by atoms with van der Waals surface area (Å²) in [5, 5.41) is 6.14. The maximum atomic E-state index is 14.7. The van der Waals surface area contributed by atoms with Gasteiger partial charge in [-0.05, 0) is 144 Å². The van der Waals surface area contributed by atoms with Crippen LogP contribution in [0.5, 0.6) is 0 Å². The van der Waals surface area contributed by atoms with Crippen molar-refractivity contribution in [3.05, 3.63) is 138 Å². The van der Waals surface area contributed by atoms with Crippen LogP contribution in [0.25, 0.3) is 49.2 Å². The van der Waals surface area contributed by atoms with Gasteiger partial charge >= 0.3 is 11.9 Å². The van der Waals surface area contributed by atoms with Crippen molar-refractivity contribution in [1.29, 1.82) is 0 Å². The van der Waals surface area contributed by atoms with Gasteiger partial charge in [-0.15, -0.1) is 6.58 Å². The third-order valence-electron chi connectivity index (χ3n) is 21.7. The molecule has 8 amide bonds. The number of unbranched alkanes of at least 4 members (excludes halogenated alkanes) is 9. The summed E-state index contributed by atoms with van der Waals surface area (Å²) in [4.78, 5) is 146. The lowest BCUT2D eigenvalue weighted by Crippen LogP contribution is -2.47. The fourth-order valence-electron chi connectivity index (χ4n) is 16.9. The lowest BCUT2D eigenvalue weighted by Gasteiger charge is -2.35. The molecular weight excluding hydrogens is 1220 g/mol. The number of hydrogen-bond acceptors (Lipinski definition) is 13. The molecule has 0 N–H and O–H groups in total. The van der Waals surface area contributed by atoms with Crippen molar-refractivity contribution in [2.45, 2.75) is 148 Å². The standard InChI is InChI=1S/C80H90N4O13/c1-5-8-10-16-25-54(26-17-11-9-6-2)84-75(89)61-39-35-57-55-33-37-59-71-60(38-34-56(69(55)71)58-36-40-62(76(84)90)72(61)70(57)58)74(88)81(73(59)87)42-20-21-44-96-64(86)28-22-43-83-79(93)67-51(30-29-49-23-14-12-15-24-49)48-53(68(67)80(83)94)32-31-52-47-50(7-3)65-66(52)78(92)82(77(65)91)41-19-13-18-27-63(85)97-46-45-95-4/h7,12,14-15,23-24,29-40,50-54,65-68H,3,5-6,8-11,13,16-22,25-28,41-48H2,1-2,4H3/b30-29+,32-31-. The molecule has 4 fully saturated rings. The number of carbonyl (C=O) groups excluding carboxylic acids is 10. The summed E-state index contributed by atoms with van der Waals surface area (Å²) in [6, 6.07) is 24.5. The summed E-state index contributed by atoms with van der Waals surface area (Å²) < 4.78 is 15.7. The number of nitrogens with zero attached hydrogens (tertiary/aromatic N) is 4. The molecule has 8 atom stereocenters. The zero-order chi connectivity index (χ0) is 68.0. The molecular formula is C80H90N4O13. The first kappa shape index (κ1) is 68.2. The highest BCUT2D eigenvalue weighted by Crippen LogP contribution is 2.53. The van der Waals surface area contributed by atoms with Gasteiger partial charge in [-0.1, -0.05) is 157 Å². The van der Waals surface area contributed by atoms with Gasteiger partial charge in [0, 0.05) is 78.7 Å². The molecule has 4 aliphatic heterocycles. The summed E-state index contributed by atoms with van der Waals surface area (Å²) in [6.07, 6.45) is 23.8. The monoisotopic (exact) mass is 1310 g/mol. The van der Waals surface area contributed by atoms with Crippen LogP contribution >= 0.6 is 0 Å². The third-order valence-corrected chi connectivity index (χ3v) is 21.7. The number of carbonyl (C=O) groups is 10. The molecule has 508 valence electrons. The topological polar surface area (TPSA) is 211 Å². The molecule has 17 nitrogen and oxygen atoms in total. The SMILES string of the molecule is C=CC1CC(/C=C\C2CC(/C=C/c3ccccc3)C3C(=O)N(CCCC(=O)OCCCCN4C(=O)c5ccc6c7ccc8c9c(ccc(c%10ccc(c5c6%10)C4=O)c97)C(=O)N(C(CCCCCC)CCCCCC)C8=O)C(=O)C23)C2C(=O)N(CCCCCC(=O)OCCOC)C(=O)C12. The Kier molecular flexibility index (Phi) is 21.4. The van der Waals surface area contributed by atoms with Gasteiger partial charge < -0.3 is 14.2 Å². The van der Waals surface area contributed by atoms with Crippen LogP contribution < -0.4 is 0 Å². The van der Waals surface area contributed by atoms with E-state index in [2.05, 4.69) is 20.4 Å². The molecule has 0 radical (unpaired) electrons. The van der Waals surface area contributed by atoms with E-state index in [0.29, 0.717) is 84.6 Å². The Morgan fingerprint density at radius 3 is 1.39 bits per heavy atom. The molecule has 4 heterocycles. The number of fused-ring (bicyclic) bond motifs is 4. The number of rotatable bonds is 34. The second-order valence-electron chi connectivity index (χ2n) is 27.6. The van der Waals surface area contributed by atoms with Crippen LogP contribution in [0.15, 0.2) is 110 Å². The molecule has 2 aliphatic carbocycles. The van der Waals surface area contributed by atoms with Crippen LogP contribution in [-0.2, 0) is 43.0 Å². The zero-order valence-electron chi connectivity index (χ0n) is 56.3. The van der Waals surface area contributed by atoms with E-state index in [0.717, 1.165) is 102 Å². The van der Waals surface area contributed by atoms with E-state index in [1.807, 2.05) is 91.0 Å². The summed E-state index contributed by atoms with van der Waals surface area (Å²) in [6.45, 7) is 9.31. The fraction of sp³-hybridized carbons (Fsp3) is 0.475. The summed E-state index contributed by atoms with van der Waals surface area (Å²) in [5.41, 5.74) is 2.79. The van der Waals surface area contributed by atoms with Crippen LogP contribution in [0.3, 0.4) is 0 Å². The van der Waals surface area contributed by atoms with Gasteiger partial charge in [0.25, 0.3) is 23.6 Å². The highest BCUT2D eigenvalue weighted by atomic mass is 16.6. The Morgan fingerprint density at radius 1 is 0.454 bits per heavy atom. The Bertz CT molecular complexity index is 3980. The number of ether oxygens (including phenoxy) is 3. The van der Waals surface area contributed by atoms with Gasteiger partial charge in [0.2, 0.25) is 23.6 Å². The van der Waals surface area contributed by atoms with Gasteiger partial charge in [-0.3, -0.25) is 67.5 Å². The average Bonchev–Trinajstić information content (AvgIpc) is 1.55. The van der Waals surface area contributed by atoms with Gasteiger partial charge in [-0.25, -0.2) is 0 Å². The molecule has 17 heteroatoms. The summed E-state index contributed by atoms with van der Waals surface area (Å²) in [5.74, 6) is -6.62. The average molecular weight is 1320 g/mol. The normalized spacial score (nSPS) is 22.3. The third kappa shape index (κ3) is 13.3. The Hall–Kier alpha value is -8.70. The predicted octanol–water partition coefficient (Wildman–Crippen LogP) is 14.0. The Labute approximate surface area is 567 Å². The minimum Gasteiger partial charge on any atom is -0.466 e. The van der Waals surface area contributed by atoms with E-state index in [9.17, 15) is 47.9 Å². The summed E-state index contributed by atoms with van der Waals surface area (Å²) >= 11 is 0. The second-order valence-corrected chi connectivity index (χ2v) is 27.6. The van der Waals surface area contributed by atoms with E-state index in [1.54, 1.807) is 23.1 Å². The van der Waals surface area contributed by atoms with Gasteiger partial charge in [-0.2, -0.15) is 0 Å². The van der Waals surface area contributed by atoms with Crippen molar-refractivity contribution in [3.8, 4) is 0 Å². The zero-order valence-corrected chi connectivity index (χ0v) is 56.3.